The third-order valence-corrected chi connectivity index (χ3v) is 2.68. The van der Waals surface area contributed by atoms with Crippen LogP contribution in [0.3, 0.4) is 0 Å². The lowest BCUT2D eigenvalue weighted by molar-refractivity contribution is 0.505. The SMILES string of the molecule is CCNCc1ccnn1Cc1ccc(F)c(F)c1. The van der Waals surface area contributed by atoms with Crippen LogP contribution in [0.1, 0.15) is 18.2 Å². The lowest BCUT2D eigenvalue weighted by atomic mass is 10.2. The van der Waals surface area contributed by atoms with E-state index in [1.807, 2.05) is 13.0 Å². The van der Waals surface area contributed by atoms with Crippen LogP contribution in [0.4, 0.5) is 8.78 Å². The van der Waals surface area contributed by atoms with Gasteiger partial charge < -0.3 is 5.32 Å². The van der Waals surface area contributed by atoms with E-state index in [-0.39, 0.29) is 0 Å². The first-order valence-electron chi connectivity index (χ1n) is 5.86. The van der Waals surface area contributed by atoms with Crippen molar-refractivity contribution in [2.24, 2.45) is 0 Å². The largest absolute Gasteiger partial charge is 0.311 e. The Labute approximate surface area is 104 Å². The normalized spacial score (nSPS) is 10.8. The van der Waals surface area contributed by atoms with E-state index < -0.39 is 11.6 Å². The van der Waals surface area contributed by atoms with Crippen LogP contribution in [0.25, 0.3) is 0 Å². The summed E-state index contributed by atoms with van der Waals surface area (Å²) in [4.78, 5) is 0. The Hall–Kier alpha value is -1.75. The monoisotopic (exact) mass is 251 g/mol. The van der Waals surface area contributed by atoms with Crippen LogP contribution in [-0.4, -0.2) is 16.3 Å². The molecule has 0 unspecified atom stereocenters. The van der Waals surface area contributed by atoms with Crippen LogP contribution in [-0.2, 0) is 13.1 Å². The molecule has 0 radical (unpaired) electrons. The van der Waals surface area contributed by atoms with E-state index in [2.05, 4.69) is 10.4 Å². The van der Waals surface area contributed by atoms with Gasteiger partial charge in [-0.05, 0) is 30.3 Å². The molecule has 0 saturated carbocycles. The zero-order valence-electron chi connectivity index (χ0n) is 10.2. The van der Waals surface area contributed by atoms with Crippen molar-refractivity contribution < 1.29 is 8.78 Å². The maximum atomic E-state index is 13.1. The Morgan fingerprint density at radius 1 is 1.22 bits per heavy atom. The highest BCUT2D eigenvalue weighted by Gasteiger charge is 2.06. The highest BCUT2D eigenvalue weighted by Crippen LogP contribution is 2.11. The average Bonchev–Trinajstić information content (AvgIpc) is 2.79. The Kier molecular flexibility index (Phi) is 4.04. The van der Waals surface area contributed by atoms with Crippen LogP contribution in [0.2, 0.25) is 0 Å². The summed E-state index contributed by atoms with van der Waals surface area (Å²) < 4.78 is 27.7. The minimum absolute atomic E-state index is 0.435. The molecule has 2 aromatic rings. The number of hydrogen-bond acceptors (Lipinski definition) is 2. The van der Waals surface area contributed by atoms with E-state index in [9.17, 15) is 8.78 Å². The molecule has 0 atom stereocenters. The molecule has 0 bridgehead atoms. The first-order valence-corrected chi connectivity index (χ1v) is 5.86. The molecule has 2 rings (SSSR count). The van der Waals surface area contributed by atoms with Crippen molar-refractivity contribution >= 4 is 0 Å². The zero-order valence-corrected chi connectivity index (χ0v) is 10.2. The van der Waals surface area contributed by atoms with Gasteiger partial charge in [-0.2, -0.15) is 5.10 Å². The topological polar surface area (TPSA) is 29.9 Å². The molecular weight excluding hydrogens is 236 g/mol. The fourth-order valence-corrected chi connectivity index (χ4v) is 1.72. The third kappa shape index (κ3) is 2.92. The molecule has 0 saturated heterocycles. The number of benzene rings is 1. The number of hydrogen-bond donors (Lipinski definition) is 1. The molecule has 1 aromatic carbocycles. The van der Waals surface area contributed by atoms with E-state index >= 15 is 0 Å². The van der Waals surface area contributed by atoms with Gasteiger partial charge in [-0.1, -0.05) is 13.0 Å². The molecule has 5 heteroatoms. The second-order valence-electron chi connectivity index (χ2n) is 4.01. The minimum Gasteiger partial charge on any atom is -0.311 e. The molecule has 0 aliphatic rings. The molecule has 1 heterocycles. The Morgan fingerprint density at radius 3 is 2.78 bits per heavy atom. The molecule has 96 valence electrons. The predicted octanol–water partition coefficient (Wildman–Crippen LogP) is 2.32. The minimum atomic E-state index is -0.827. The highest BCUT2D eigenvalue weighted by molar-refractivity contribution is 5.18. The molecule has 0 amide bonds. The van der Waals surface area contributed by atoms with Crippen molar-refractivity contribution in [3.63, 3.8) is 0 Å². The van der Waals surface area contributed by atoms with E-state index in [4.69, 9.17) is 0 Å². The Bertz CT molecular complexity index is 523. The van der Waals surface area contributed by atoms with Gasteiger partial charge in [0.1, 0.15) is 0 Å². The van der Waals surface area contributed by atoms with Gasteiger partial charge in [0.25, 0.3) is 0 Å². The van der Waals surface area contributed by atoms with Crippen molar-refractivity contribution in [1.82, 2.24) is 15.1 Å². The number of nitrogens with zero attached hydrogens (tertiary/aromatic N) is 2. The van der Waals surface area contributed by atoms with Gasteiger partial charge in [-0.3, -0.25) is 4.68 Å². The van der Waals surface area contributed by atoms with Gasteiger partial charge in [-0.15, -0.1) is 0 Å². The van der Waals surface area contributed by atoms with Crippen LogP contribution < -0.4 is 5.32 Å². The van der Waals surface area contributed by atoms with E-state index in [1.165, 1.54) is 6.07 Å². The van der Waals surface area contributed by atoms with Gasteiger partial charge in [0.2, 0.25) is 0 Å². The average molecular weight is 251 g/mol. The molecule has 3 nitrogen and oxygen atoms in total. The number of rotatable bonds is 5. The van der Waals surface area contributed by atoms with Crippen LogP contribution in [0.15, 0.2) is 30.5 Å². The lowest BCUT2D eigenvalue weighted by Crippen LogP contribution is -2.16. The summed E-state index contributed by atoms with van der Waals surface area (Å²) in [5.74, 6) is -1.65. The number of aromatic nitrogens is 2. The second-order valence-corrected chi connectivity index (χ2v) is 4.01. The Morgan fingerprint density at radius 2 is 2.06 bits per heavy atom. The maximum absolute atomic E-state index is 13.1. The lowest BCUT2D eigenvalue weighted by Gasteiger charge is -2.08. The molecule has 0 fully saturated rings. The number of nitrogens with one attached hydrogen (secondary N) is 1. The van der Waals surface area contributed by atoms with E-state index in [1.54, 1.807) is 16.9 Å². The molecular formula is C13H15F2N3. The summed E-state index contributed by atoms with van der Waals surface area (Å²) in [6, 6.07) is 5.81. The molecule has 18 heavy (non-hydrogen) atoms. The third-order valence-electron chi connectivity index (χ3n) is 2.68. The fourth-order valence-electron chi connectivity index (χ4n) is 1.72. The standard InChI is InChI=1S/C13H15F2N3/c1-2-16-8-11-5-6-17-18(11)9-10-3-4-12(14)13(15)7-10/h3-7,16H,2,8-9H2,1H3. The zero-order chi connectivity index (χ0) is 13.0. The van der Waals surface area contributed by atoms with Crippen molar-refractivity contribution in [2.45, 2.75) is 20.0 Å². The maximum Gasteiger partial charge on any atom is 0.159 e. The van der Waals surface area contributed by atoms with Gasteiger partial charge in [-0.25, -0.2) is 8.78 Å². The summed E-state index contributed by atoms with van der Waals surface area (Å²) in [6.07, 6.45) is 1.70. The first kappa shape index (κ1) is 12.7. The fraction of sp³-hybridized carbons (Fsp3) is 0.308. The summed E-state index contributed by atoms with van der Waals surface area (Å²) in [6.45, 7) is 4.04. The first-order chi connectivity index (χ1) is 8.70. The second kappa shape index (κ2) is 5.73. The Balaban J connectivity index is 2.13. The molecule has 1 aromatic heterocycles. The van der Waals surface area contributed by atoms with Crippen LogP contribution >= 0.6 is 0 Å². The van der Waals surface area contributed by atoms with Crippen molar-refractivity contribution in [3.05, 3.63) is 53.4 Å². The van der Waals surface area contributed by atoms with Gasteiger partial charge >= 0.3 is 0 Å². The summed E-state index contributed by atoms with van der Waals surface area (Å²) in [5, 5.41) is 7.38. The smallest absolute Gasteiger partial charge is 0.159 e. The number of halogens is 2. The van der Waals surface area contributed by atoms with Gasteiger partial charge in [0.05, 0.1) is 12.2 Å². The van der Waals surface area contributed by atoms with Crippen molar-refractivity contribution in [1.29, 1.82) is 0 Å². The van der Waals surface area contributed by atoms with Crippen LogP contribution in [0.5, 0.6) is 0 Å². The van der Waals surface area contributed by atoms with Crippen LogP contribution in [0, 0.1) is 11.6 Å². The van der Waals surface area contributed by atoms with Crippen molar-refractivity contribution in [3.8, 4) is 0 Å². The quantitative estimate of drug-likeness (QED) is 0.883. The summed E-state index contributed by atoms with van der Waals surface area (Å²) in [7, 11) is 0. The van der Waals surface area contributed by atoms with E-state index in [0.29, 0.717) is 18.7 Å². The molecule has 1 N–H and O–H groups in total. The predicted molar refractivity (Wildman–Crippen MR) is 65.1 cm³/mol. The summed E-state index contributed by atoms with van der Waals surface area (Å²) in [5.41, 5.74) is 1.71. The molecule has 0 aliphatic carbocycles. The molecule has 0 spiro atoms. The van der Waals surface area contributed by atoms with E-state index in [0.717, 1.165) is 18.3 Å². The highest BCUT2D eigenvalue weighted by atomic mass is 19.2. The van der Waals surface area contributed by atoms with Crippen molar-refractivity contribution in [2.75, 3.05) is 6.54 Å². The van der Waals surface area contributed by atoms with Gasteiger partial charge in [0.15, 0.2) is 11.6 Å². The molecule has 0 aliphatic heterocycles. The van der Waals surface area contributed by atoms with Gasteiger partial charge in [0, 0.05) is 12.7 Å². The summed E-state index contributed by atoms with van der Waals surface area (Å²) >= 11 is 0.